The number of carboxylic acids is 1. The molecule has 0 saturated carbocycles. The molecule has 0 bridgehead atoms. The first kappa shape index (κ1) is 16.5. The fourth-order valence-corrected chi connectivity index (χ4v) is 2.55. The first-order valence-corrected chi connectivity index (χ1v) is 7.36. The van der Waals surface area contributed by atoms with Crippen molar-refractivity contribution in [1.29, 1.82) is 0 Å². The number of aliphatic carboxylic acids is 1. The zero-order chi connectivity index (χ0) is 16.8. The van der Waals surface area contributed by atoms with Crippen LogP contribution in [-0.4, -0.2) is 30.9 Å². The minimum absolute atomic E-state index is 0.327. The Kier molecular flexibility index (Phi) is 5.35. The summed E-state index contributed by atoms with van der Waals surface area (Å²) in [7, 11) is 0. The van der Waals surface area contributed by atoms with Gasteiger partial charge in [0.15, 0.2) is 0 Å². The largest absolute Gasteiger partial charge is 0.545 e. The Labute approximate surface area is 133 Å². The van der Waals surface area contributed by atoms with E-state index in [0.717, 1.165) is 37.7 Å². The van der Waals surface area contributed by atoms with Crippen LogP contribution in [0.15, 0.2) is 30.4 Å². The molecule has 1 heterocycles. The molecule has 1 aromatic carbocycles. The Bertz CT molecular complexity index is 649. The van der Waals surface area contributed by atoms with Crippen LogP contribution in [0.4, 0.5) is 11.4 Å². The SMILES string of the molecule is NC(=O)c1cc(NC(=O)C=CC(=O)[O-])ccc1N1CCCCC1. The molecule has 0 spiro atoms. The molecule has 122 valence electrons. The van der Waals surface area contributed by atoms with Crippen molar-refractivity contribution in [2.45, 2.75) is 19.3 Å². The Morgan fingerprint density at radius 3 is 2.43 bits per heavy atom. The number of rotatable bonds is 5. The minimum Gasteiger partial charge on any atom is -0.545 e. The number of nitrogens with one attached hydrogen (secondary N) is 1. The smallest absolute Gasteiger partial charge is 0.250 e. The number of hydrogen-bond donors (Lipinski definition) is 2. The molecule has 3 N–H and O–H groups in total. The van der Waals surface area contributed by atoms with Crippen LogP contribution in [0, 0.1) is 0 Å². The van der Waals surface area contributed by atoms with Crippen molar-refractivity contribution < 1.29 is 19.5 Å². The number of piperidine rings is 1. The van der Waals surface area contributed by atoms with Crippen molar-refractivity contribution >= 4 is 29.2 Å². The number of carbonyl (C=O) groups is 3. The molecule has 2 rings (SSSR count). The normalized spacial score (nSPS) is 14.7. The second kappa shape index (κ2) is 7.44. The van der Waals surface area contributed by atoms with Gasteiger partial charge in [0.25, 0.3) is 5.91 Å². The zero-order valence-electron chi connectivity index (χ0n) is 12.6. The summed E-state index contributed by atoms with van der Waals surface area (Å²) in [4.78, 5) is 35.6. The lowest BCUT2D eigenvalue weighted by atomic mass is 10.1. The molecule has 1 fully saturated rings. The molecule has 2 amide bonds. The first-order valence-electron chi connectivity index (χ1n) is 7.36. The lowest BCUT2D eigenvalue weighted by Gasteiger charge is -2.30. The van der Waals surface area contributed by atoms with Gasteiger partial charge in [-0.3, -0.25) is 9.59 Å². The topological polar surface area (TPSA) is 116 Å². The highest BCUT2D eigenvalue weighted by Gasteiger charge is 2.17. The molecule has 7 nitrogen and oxygen atoms in total. The summed E-state index contributed by atoms with van der Waals surface area (Å²) in [5, 5.41) is 12.8. The van der Waals surface area contributed by atoms with Crippen LogP contribution < -0.4 is 21.1 Å². The third kappa shape index (κ3) is 4.57. The molecule has 1 saturated heterocycles. The maximum atomic E-state index is 11.7. The molecule has 0 radical (unpaired) electrons. The van der Waals surface area contributed by atoms with E-state index >= 15 is 0 Å². The molecule has 0 unspecified atom stereocenters. The van der Waals surface area contributed by atoms with E-state index in [1.165, 1.54) is 12.5 Å². The summed E-state index contributed by atoms with van der Waals surface area (Å²) in [5.74, 6) is -2.67. The second-order valence-electron chi connectivity index (χ2n) is 5.29. The fourth-order valence-electron chi connectivity index (χ4n) is 2.55. The van der Waals surface area contributed by atoms with Crippen LogP contribution in [0.3, 0.4) is 0 Å². The van der Waals surface area contributed by atoms with E-state index in [9.17, 15) is 19.5 Å². The maximum Gasteiger partial charge on any atom is 0.250 e. The van der Waals surface area contributed by atoms with Crippen molar-refractivity contribution in [3.63, 3.8) is 0 Å². The molecule has 0 atom stereocenters. The highest BCUT2D eigenvalue weighted by molar-refractivity contribution is 6.04. The van der Waals surface area contributed by atoms with Crippen LogP contribution in [0.5, 0.6) is 0 Å². The van der Waals surface area contributed by atoms with E-state index in [0.29, 0.717) is 17.3 Å². The third-order valence-electron chi connectivity index (χ3n) is 3.60. The molecule has 0 aromatic heterocycles. The van der Waals surface area contributed by atoms with Gasteiger partial charge in [-0.2, -0.15) is 0 Å². The summed E-state index contributed by atoms with van der Waals surface area (Å²) < 4.78 is 0. The number of anilines is 2. The van der Waals surface area contributed by atoms with Gasteiger partial charge in [0.2, 0.25) is 5.91 Å². The predicted molar refractivity (Wildman–Crippen MR) is 83.8 cm³/mol. The van der Waals surface area contributed by atoms with Crippen molar-refractivity contribution in [3.8, 4) is 0 Å². The van der Waals surface area contributed by atoms with Gasteiger partial charge in [0.05, 0.1) is 11.5 Å². The van der Waals surface area contributed by atoms with Gasteiger partial charge in [-0.1, -0.05) is 0 Å². The Morgan fingerprint density at radius 2 is 1.83 bits per heavy atom. The van der Waals surface area contributed by atoms with Crippen LogP contribution in [0.25, 0.3) is 0 Å². The van der Waals surface area contributed by atoms with E-state index in [2.05, 4.69) is 10.2 Å². The average Bonchev–Trinajstić information content (AvgIpc) is 2.53. The zero-order valence-corrected chi connectivity index (χ0v) is 12.6. The quantitative estimate of drug-likeness (QED) is 0.743. The van der Waals surface area contributed by atoms with E-state index < -0.39 is 17.8 Å². The Hall–Kier alpha value is -2.83. The van der Waals surface area contributed by atoms with Gasteiger partial charge >= 0.3 is 0 Å². The van der Waals surface area contributed by atoms with Gasteiger partial charge in [0, 0.05) is 30.5 Å². The van der Waals surface area contributed by atoms with Crippen LogP contribution >= 0.6 is 0 Å². The number of amides is 2. The van der Waals surface area contributed by atoms with Crippen molar-refractivity contribution in [3.05, 3.63) is 35.9 Å². The number of nitrogens with zero attached hydrogens (tertiary/aromatic N) is 1. The summed E-state index contributed by atoms with van der Waals surface area (Å²) in [6.07, 6.45) is 4.76. The number of carbonyl (C=O) groups excluding carboxylic acids is 3. The summed E-state index contributed by atoms with van der Waals surface area (Å²) >= 11 is 0. The number of nitrogens with two attached hydrogens (primary N) is 1. The lowest BCUT2D eigenvalue weighted by molar-refractivity contribution is -0.297. The highest BCUT2D eigenvalue weighted by Crippen LogP contribution is 2.26. The Morgan fingerprint density at radius 1 is 1.13 bits per heavy atom. The van der Waals surface area contributed by atoms with Crippen molar-refractivity contribution in [2.24, 2.45) is 5.73 Å². The van der Waals surface area contributed by atoms with Gasteiger partial charge in [-0.25, -0.2) is 0 Å². The summed E-state index contributed by atoms with van der Waals surface area (Å²) in [5.41, 5.74) is 6.89. The molecule has 1 aromatic rings. The minimum atomic E-state index is -1.46. The average molecular weight is 316 g/mol. The van der Waals surface area contributed by atoms with Gasteiger partial charge < -0.3 is 25.9 Å². The molecular weight excluding hydrogens is 298 g/mol. The maximum absolute atomic E-state index is 11.7. The molecule has 23 heavy (non-hydrogen) atoms. The number of hydrogen-bond acceptors (Lipinski definition) is 5. The van der Waals surface area contributed by atoms with E-state index in [1.807, 2.05) is 0 Å². The third-order valence-corrected chi connectivity index (χ3v) is 3.60. The van der Waals surface area contributed by atoms with Crippen LogP contribution in [0.1, 0.15) is 29.6 Å². The van der Waals surface area contributed by atoms with Crippen molar-refractivity contribution in [2.75, 3.05) is 23.3 Å². The van der Waals surface area contributed by atoms with Gasteiger partial charge in [-0.05, 0) is 43.5 Å². The summed E-state index contributed by atoms with van der Waals surface area (Å²) in [6.45, 7) is 1.72. The van der Waals surface area contributed by atoms with Gasteiger partial charge in [-0.15, -0.1) is 0 Å². The Balaban J connectivity index is 2.20. The molecular formula is C16H18N3O4-. The molecule has 7 heteroatoms. The summed E-state index contributed by atoms with van der Waals surface area (Å²) in [6, 6.07) is 4.89. The molecule has 1 aliphatic rings. The monoisotopic (exact) mass is 316 g/mol. The van der Waals surface area contributed by atoms with E-state index in [1.54, 1.807) is 12.1 Å². The van der Waals surface area contributed by atoms with E-state index in [4.69, 9.17) is 5.73 Å². The fraction of sp³-hybridized carbons (Fsp3) is 0.312. The predicted octanol–water partition coefficient (Wildman–Crippen LogP) is 0.0204. The molecule has 0 aliphatic carbocycles. The number of benzene rings is 1. The lowest BCUT2D eigenvalue weighted by Crippen LogP contribution is -2.31. The van der Waals surface area contributed by atoms with Crippen molar-refractivity contribution in [1.82, 2.24) is 0 Å². The highest BCUT2D eigenvalue weighted by atomic mass is 16.4. The standard InChI is InChI=1S/C16H19N3O4/c17-16(23)12-10-11(18-14(20)6-7-15(21)22)4-5-13(12)19-8-2-1-3-9-19/h4-7,10H,1-3,8-9H2,(H2,17,23)(H,18,20)(H,21,22)/p-1. The van der Waals surface area contributed by atoms with E-state index in [-0.39, 0.29) is 0 Å². The number of carboxylic acid groups (broad SMARTS) is 1. The molecule has 1 aliphatic heterocycles. The van der Waals surface area contributed by atoms with Gasteiger partial charge in [0.1, 0.15) is 0 Å². The van der Waals surface area contributed by atoms with Crippen LogP contribution in [0.2, 0.25) is 0 Å². The first-order chi connectivity index (χ1) is 11.0. The second-order valence-corrected chi connectivity index (χ2v) is 5.29. The number of primary amides is 1. The van der Waals surface area contributed by atoms with Crippen LogP contribution in [-0.2, 0) is 9.59 Å².